The van der Waals surface area contributed by atoms with E-state index in [9.17, 15) is 0 Å². The summed E-state index contributed by atoms with van der Waals surface area (Å²) >= 11 is 0. The van der Waals surface area contributed by atoms with Crippen molar-refractivity contribution in [2.24, 2.45) is 4.99 Å². The number of hydrogen-bond acceptors (Lipinski definition) is 5. The van der Waals surface area contributed by atoms with Gasteiger partial charge < -0.3 is 14.4 Å². The Morgan fingerprint density at radius 1 is 0.977 bits per heavy atom. The molecule has 2 aliphatic heterocycles. The molecule has 0 unspecified atom stereocenters. The number of aliphatic imine (C=N–C) groups is 1. The second kappa shape index (κ2) is 11.5. The number of pyridine rings is 1. The summed E-state index contributed by atoms with van der Waals surface area (Å²) in [6.45, 7) is 14.5. The molecule has 0 amide bonds. The molecule has 0 fully saturated rings. The van der Waals surface area contributed by atoms with Crippen LogP contribution < -0.4 is 9.64 Å². The molecule has 1 aromatic heterocycles. The van der Waals surface area contributed by atoms with Crippen LogP contribution in [0.15, 0.2) is 71.9 Å². The predicted octanol–water partition coefficient (Wildman–Crippen LogP) is 9.56. The third-order valence-corrected chi connectivity index (χ3v) is 8.28. The number of rotatable bonds is 5. The Morgan fingerprint density at radius 3 is 2.45 bits per heavy atom. The maximum atomic E-state index is 7.95. The van der Waals surface area contributed by atoms with Gasteiger partial charge in [0.2, 0.25) is 0 Å². The second-order valence-corrected chi connectivity index (χ2v) is 13.6. The van der Waals surface area contributed by atoms with E-state index in [1.165, 1.54) is 11.1 Å². The van der Waals surface area contributed by atoms with Crippen LogP contribution in [0.2, 0.25) is 0 Å². The van der Waals surface area contributed by atoms with Crippen LogP contribution in [-0.2, 0) is 36.6 Å². The van der Waals surface area contributed by atoms with Gasteiger partial charge in [-0.15, -0.1) is 29.3 Å². The zero-order chi connectivity index (χ0) is 33.2. The molecule has 0 saturated heterocycles. The van der Waals surface area contributed by atoms with Gasteiger partial charge in [0.1, 0.15) is 18.3 Å². The molecule has 3 aromatic carbocycles. The molecule has 44 heavy (non-hydrogen) atoms. The van der Waals surface area contributed by atoms with Crippen molar-refractivity contribution in [3.63, 3.8) is 0 Å². The van der Waals surface area contributed by atoms with Gasteiger partial charge in [0.15, 0.2) is 0 Å². The quantitative estimate of drug-likeness (QED) is 0.190. The van der Waals surface area contributed by atoms with Gasteiger partial charge in [-0.3, -0.25) is 4.99 Å². The summed E-state index contributed by atoms with van der Waals surface area (Å²) in [5.41, 5.74) is 5.33. The van der Waals surface area contributed by atoms with Gasteiger partial charge in [0.25, 0.3) is 0 Å². The Labute approximate surface area is 281 Å². The minimum Gasteiger partial charge on any atom is -0.518 e. The summed E-state index contributed by atoms with van der Waals surface area (Å²) in [5, 5.41) is 0. The summed E-state index contributed by atoms with van der Waals surface area (Å²) < 4.78 is 36.2. The topological polar surface area (TPSA) is 47.0 Å². The second-order valence-electron chi connectivity index (χ2n) is 13.6. The summed E-state index contributed by atoms with van der Waals surface area (Å²) in [6, 6.07) is 27.5. The number of fused-ring (bicyclic) bond motifs is 2. The first-order chi connectivity index (χ1) is 21.5. The summed E-state index contributed by atoms with van der Waals surface area (Å²) in [7, 11) is 0. The number of aromatic nitrogens is 1. The Morgan fingerprint density at radius 2 is 1.75 bits per heavy atom. The average Bonchev–Trinajstić information content (AvgIpc) is 3.40. The number of hydrogen-bond donors (Lipinski definition) is 0. The van der Waals surface area contributed by atoms with E-state index in [-0.39, 0.29) is 50.3 Å². The van der Waals surface area contributed by atoms with Crippen LogP contribution in [0.5, 0.6) is 11.5 Å². The number of anilines is 3. The van der Waals surface area contributed by atoms with Crippen molar-refractivity contribution in [1.29, 1.82) is 0 Å². The first-order valence-electron chi connectivity index (χ1n) is 16.4. The van der Waals surface area contributed by atoms with Gasteiger partial charge in [-0.2, -0.15) is 6.07 Å². The molecule has 6 rings (SSSR count). The molecule has 5 nitrogen and oxygen atoms in total. The van der Waals surface area contributed by atoms with Crippen molar-refractivity contribution in [3.05, 3.63) is 107 Å². The van der Waals surface area contributed by atoms with Crippen molar-refractivity contribution in [2.45, 2.75) is 84.5 Å². The van der Waals surface area contributed by atoms with E-state index in [1.54, 1.807) is 6.92 Å². The van der Waals surface area contributed by atoms with Gasteiger partial charge in [0, 0.05) is 27.5 Å². The monoisotopic (exact) mass is 769 g/mol. The SMILES string of the molecule is [2H]C([2H])([2H])[C@]1(C)COC(c2[c-]c(Oc3[c-]c4c(cc3)C(C)(C)c3ccccc3N4c3cc(C(C)(C)C)ccn3)cc(C(C)C)c2)=N1.[Pt+2]. The number of ether oxygens (including phenoxy) is 2. The van der Waals surface area contributed by atoms with Gasteiger partial charge in [-0.25, -0.2) is 4.98 Å². The maximum absolute atomic E-state index is 7.95. The van der Waals surface area contributed by atoms with E-state index in [4.69, 9.17) is 18.6 Å². The fraction of sp³-hybridized carbons (Fsp3) is 0.368. The fourth-order valence-electron chi connectivity index (χ4n) is 5.73. The van der Waals surface area contributed by atoms with Crippen molar-refractivity contribution >= 4 is 23.1 Å². The smallest absolute Gasteiger partial charge is 0.518 e. The number of para-hydroxylation sites is 1. The molecule has 0 bridgehead atoms. The van der Waals surface area contributed by atoms with Crippen LogP contribution in [0, 0.1) is 12.1 Å². The minimum atomic E-state index is -2.29. The Kier molecular flexibility index (Phi) is 7.33. The largest absolute Gasteiger partial charge is 2.00 e. The zero-order valence-electron chi connectivity index (χ0n) is 29.6. The fourth-order valence-corrected chi connectivity index (χ4v) is 5.73. The summed E-state index contributed by atoms with van der Waals surface area (Å²) in [4.78, 5) is 11.5. The molecule has 0 saturated carbocycles. The molecule has 2 aliphatic rings. The summed E-state index contributed by atoms with van der Waals surface area (Å²) in [6.07, 6.45) is 1.87. The van der Waals surface area contributed by atoms with Gasteiger partial charge in [0.05, 0.1) is 5.54 Å². The molecule has 6 heteroatoms. The Bertz CT molecular complexity index is 1840. The van der Waals surface area contributed by atoms with Crippen LogP contribution in [0.3, 0.4) is 0 Å². The normalized spacial score (nSPS) is 19.9. The Hall–Kier alpha value is -3.43. The van der Waals surface area contributed by atoms with Crippen LogP contribution in [0.4, 0.5) is 17.2 Å². The van der Waals surface area contributed by atoms with E-state index < -0.39 is 12.4 Å². The molecular weight excluding hydrogens is 726 g/mol. The molecule has 0 radical (unpaired) electrons. The third-order valence-electron chi connectivity index (χ3n) is 8.28. The van der Waals surface area contributed by atoms with E-state index in [0.717, 1.165) is 28.3 Å². The predicted molar refractivity (Wildman–Crippen MR) is 175 cm³/mol. The number of nitrogens with zero attached hydrogens (tertiary/aromatic N) is 3. The molecule has 4 aromatic rings. The molecule has 230 valence electrons. The van der Waals surface area contributed by atoms with Gasteiger partial charge >= 0.3 is 21.1 Å². The van der Waals surface area contributed by atoms with Crippen LogP contribution in [0.1, 0.15) is 100 Å². The van der Waals surface area contributed by atoms with Crippen molar-refractivity contribution in [3.8, 4) is 11.5 Å². The van der Waals surface area contributed by atoms with Crippen molar-refractivity contribution in [1.82, 2.24) is 4.98 Å². The van der Waals surface area contributed by atoms with Gasteiger partial charge in [-0.05, 0) is 59.8 Å². The molecule has 1 atom stereocenters. The average molecular weight is 770 g/mol. The van der Waals surface area contributed by atoms with E-state index in [2.05, 4.69) is 113 Å². The standard InChI is InChI=1S/C38H41N3O2.Pt/c1-24(2)25-18-26(35-40-37(6,7)23-42-35)20-29(19-25)43-28-14-15-31-33(22-28)41(32-13-11-10-12-30(32)38(31,8)9)34-21-27(16-17-39-34)36(3,4)5;/h10-19,21,24H,23H2,1-9H3;/q-2;+2/i6D3;/t37-;/m0./s1. The summed E-state index contributed by atoms with van der Waals surface area (Å²) in [5.74, 6) is 2.24. The maximum Gasteiger partial charge on any atom is 2.00 e. The molecule has 3 heterocycles. The van der Waals surface area contributed by atoms with Crippen LogP contribution in [-0.4, -0.2) is 23.0 Å². The van der Waals surface area contributed by atoms with E-state index in [1.807, 2.05) is 24.4 Å². The number of benzene rings is 3. The van der Waals surface area contributed by atoms with Gasteiger partial charge in [-0.1, -0.05) is 90.0 Å². The molecule has 0 aliphatic carbocycles. The molecule has 0 N–H and O–H groups in total. The first-order valence-corrected chi connectivity index (χ1v) is 14.9. The van der Waals surface area contributed by atoms with Crippen molar-refractivity contribution < 1.29 is 34.7 Å². The third kappa shape index (κ3) is 5.96. The van der Waals surface area contributed by atoms with Crippen LogP contribution >= 0.6 is 0 Å². The van der Waals surface area contributed by atoms with Crippen molar-refractivity contribution in [2.75, 3.05) is 11.5 Å². The first kappa shape index (κ1) is 28.1. The van der Waals surface area contributed by atoms with Crippen LogP contribution in [0.25, 0.3) is 0 Å². The molecular formula is C38H41N3O2Pt. The Balaban J connectivity index is 0.00000433. The minimum absolute atomic E-state index is 0. The van der Waals surface area contributed by atoms with E-state index in [0.29, 0.717) is 17.1 Å². The zero-order valence-corrected chi connectivity index (χ0v) is 28.9. The van der Waals surface area contributed by atoms with E-state index >= 15 is 0 Å². The molecule has 0 spiro atoms.